The van der Waals surface area contributed by atoms with Crippen LogP contribution < -0.4 is 16.6 Å². The third kappa shape index (κ3) is 3.02. The normalized spacial score (nSPS) is 10.1. The number of hydrazine groups is 1. The Morgan fingerprint density at radius 2 is 2.11 bits per heavy atom. The van der Waals surface area contributed by atoms with Crippen molar-refractivity contribution in [3.8, 4) is 0 Å². The number of nitrogen functional groups attached to an aromatic ring is 1. The van der Waals surface area contributed by atoms with Crippen LogP contribution in [0.5, 0.6) is 0 Å². The molecule has 1 aromatic heterocycles. The quantitative estimate of drug-likeness (QED) is 0.574. The van der Waals surface area contributed by atoms with Crippen molar-refractivity contribution >= 4 is 17.4 Å². The van der Waals surface area contributed by atoms with Crippen molar-refractivity contribution in [1.82, 2.24) is 9.97 Å². The Morgan fingerprint density at radius 1 is 1.32 bits per heavy atom. The number of nitrogens with two attached hydrogens (primary N) is 1. The van der Waals surface area contributed by atoms with E-state index in [0.717, 1.165) is 0 Å². The van der Waals surface area contributed by atoms with E-state index in [4.69, 9.17) is 5.84 Å². The van der Waals surface area contributed by atoms with E-state index in [-0.39, 0.29) is 11.5 Å². The molecule has 6 nitrogen and oxygen atoms in total. The van der Waals surface area contributed by atoms with Crippen LogP contribution in [0, 0.1) is 12.7 Å². The summed E-state index contributed by atoms with van der Waals surface area (Å²) < 4.78 is 13.3. The van der Waals surface area contributed by atoms with Crippen LogP contribution in [0.3, 0.4) is 0 Å². The second-order valence-corrected chi connectivity index (χ2v) is 3.85. The van der Waals surface area contributed by atoms with Gasteiger partial charge in [0.25, 0.3) is 5.91 Å². The van der Waals surface area contributed by atoms with E-state index in [1.54, 1.807) is 19.1 Å². The first-order chi connectivity index (χ1) is 9.10. The maximum absolute atomic E-state index is 13.3. The molecule has 0 aliphatic heterocycles. The SMILES string of the molecule is Cc1ccc(NC(=O)c2cnc(NN)cn2)cc1F. The minimum Gasteiger partial charge on any atom is -0.321 e. The van der Waals surface area contributed by atoms with Crippen LogP contribution in [0.1, 0.15) is 16.1 Å². The van der Waals surface area contributed by atoms with Gasteiger partial charge in [-0.3, -0.25) is 4.79 Å². The Bertz CT molecular complexity index is 600. The lowest BCUT2D eigenvalue weighted by atomic mass is 10.2. The zero-order chi connectivity index (χ0) is 13.8. The van der Waals surface area contributed by atoms with Gasteiger partial charge in [-0.15, -0.1) is 0 Å². The molecule has 0 bridgehead atoms. The molecule has 0 aliphatic rings. The third-order valence-corrected chi connectivity index (χ3v) is 2.46. The summed E-state index contributed by atoms with van der Waals surface area (Å²) in [6.45, 7) is 1.64. The van der Waals surface area contributed by atoms with Crippen LogP contribution in [0.2, 0.25) is 0 Å². The molecule has 4 N–H and O–H groups in total. The Morgan fingerprint density at radius 3 is 2.68 bits per heavy atom. The summed E-state index contributed by atoms with van der Waals surface area (Å²) in [6.07, 6.45) is 2.60. The molecule has 0 radical (unpaired) electrons. The van der Waals surface area contributed by atoms with Crippen molar-refractivity contribution in [2.24, 2.45) is 5.84 Å². The molecular weight excluding hydrogens is 249 g/mol. The topological polar surface area (TPSA) is 92.9 Å². The van der Waals surface area contributed by atoms with Gasteiger partial charge in [0.1, 0.15) is 11.5 Å². The number of aryl methyl sites for hydroxylation is 1. The molecular formula is C12H12FN5O. The number of nitrogens with one attached hydrogen (secondary N) is 2. The number of anilines is 2. The number of hydrogen-bond donors (Lipinski definition) is 3. The largest absolute Gasteiger partial charge is 0.321 e. The molecule has 2 rings (SSSR count). The minimum atomic E-state index is -0.473. The molecule has 1 heterocycles. The lowest BCUT2D eigenvalue weighted by Gasteiger charge is -2.06. The molecule has 2 aromatic rings. The first-order valence-corrected chi connectivity index (χ1v) is 5.46. The summed E-state index contributed by atoms with van der Waals surface area (Å²) in [5, 5.41) is 2.53. The zero-order valence-corrected chi connectivity index (χ0v) is 10.1. The molecule has 0 saturated heterocycles. The fourth-order valence-corrected chi connectivity index (χ4v) is 1.39. The molecule has 0 spiro atoms. The summed E-state index contributed by atoms with van der Waals surface area (Å²) in [6, 6.07) is 4.44. The number of rotatable bonds is 3. The minimum absolute atomic E-state index is 0.111. The standard InChI is InChI=1S/C12H12FN5O/c1-7-2-3-8(4-9(7)13)17-12(19)10-5-16-11(18-14)6-15-10/h2-6H,14H2,1H3,(H,16,18)(H,17,19). The van der Waals surface area contributed by atoms with Crippen molar-refractivity contribution in [3.05, 3.63) is 47.7 Å². The average Bonchev–Trinajstić information content (AvgIpc) is 2.43. The fraction of sp³-hybridized carbons (Fsp3) is 0.0833. The van der Waals surface area contributed by atoms with Gasteiger partial charge in [0, 0.05) is 5.69 Å². The van der Waals surface area contributed by atoms with Gasteiger partial charge in [-0.2, -0.15) is 0 Å². The summed E-state index contributed by atoms with van der Waals surface area (Å²) in [4.78, 5) is 19.6. The maximum Gasteiger partial charge on any atom is 0.275 e. The van der Waals surface area contributed by atoms with Crippen molar-refractivity contribution in [1.29, 1.82) is 0 Å². The highest BCUT2D eigenvalue weighted by molar-refractivity contribution is 6.02. The number of carbonyl (C=O) groups is 1. The van der Waals surface area contributed by atoms with E-state index in [1.165, 1.54) is 18.5 Å². The number of halogens is 1. The highest BCUT2D eigenvalue weighted by atomic mass is 19.1. The number of amides is 1. The van der Waals surface area contributed by atoms with Crippen molar-refractivity contribution in [3.63, 3.8) is 0 Å². The number of carbonyl (C=O) groups excluding carboxylic acids is 1. The average molecular weight is 261 g/mol. The van der Waals surface area contributed by atoms with Crippen LogP contribution in [0.25, 0.3) is 0 Å². The lowest BCUT2D eigenvalue weighted by Crippen LogP contribution is -2.15. The molecule has 98 valence electrons. The summed E-state index contributed by atoms with van der Waals surface area (Å²) in [5.41, 5.74) is 3.28. The Balaban J connectivity index is 2.13. The van der Waals surface area contributed by atoms with Gasteiger partial charge in [0.05, 0.1) is 12.4 Å². The summed E-state index contributed by atoms with van der Waals surface area (Å²) in [5.74, 6) is 4.63. The van der Waals surface area contributed by atoms with Gasteiger partial charge >= 0.3 is 0 Å². The van der Waals surface area contributed by atoms with E-state index in [2.05, 4.69) is 20.7 Å². The van der Waals surface area contributed by atoms with E-state index < -0.39 is 5.91 Å². The second-order valence-electron chi connectivity index (χ2n) is 3.85. The maximum atomic E-state index is 13.3. The van der Waals surface area contributed by atoms with Crippen LogP contribution >= 0.6 is 0 Å². The van der Waals surface area contributed by atoms with Crippen LogP contribution in [-0.2, 0) is 0 Å². The zero-order valence-electron chi connectivity index (χ0n) is 10.1. The van der Waals surface area contributed by atoms with E-state index >= 15 is 0 Å². The monoisotopic (exact) mass is 261 g/mol. The van der Waals surface area contributed by atoms with Crippen molar-refractivity contribution in [2.75, 3.05) is 10.7 Å². The predicted octanol–water partition coefficient (Wildman–Crippen LogP) is 1.46. The molecule has 19 heavy (non-hydrogen) atoms. The first kappa shape index (κ1) is 12.9. The molecule has 1 aromatic carbocycles. The molecule has 0 atom stereocenters. The Labute approximate surface area is 108 Å². The fourth-order valence-electron chi connectivity index (χ4n) is 1.39. The second kappa shape index (κ2) is 5.40. The van der Waals surface area contributed by atoms with Gasteiger partial charge in [-0.25, -0.2) is 20.2 Å². The lowest BCUT2D eigenvalue weighted by molar-refractivity contribution is 0.102. The molecule has 1 amide bonds. The summed E-state index contributed by atoms with van der Waals surface area (Å²) >= 11 is 0. The van der Waals surface area contributed by atoms with Gasteiger partial charge in [-0.05, 0) is 24.6 Å². The molecule has 7 heteroatoms. The summed E-state index contributed by atoms with van der Waals surface area (Å²) in [7, 11) is 0. The highest BCUT2D eigenvalue weighted by Crippen LogP contribution is 2.14. The number of aromatic nitrogens is 2. The molecule has 0 unspecified atom stereocenters. The van der Waals surface area contributed by atoms with Gasteiger partial charge in [0.15, 0.2) is 5.82 Å². The van der Waals surface area contributed by atoms with Gasteiger partial charge in [0.2, 0.25) is 0 Å². The molecule has 0 fully saturated rings. The smallest absolute Gasteiger partial charge is 0.275 e. The van der Waals surface area contributed by atoms with E-state index in [9.17, 15) is 9.18 Å². The number of nitrogens with zero attached hydrogens (tertiary/aromatic N) is 2. The van der Waals surface area contributed by atoms with E-state index in [1.807, 2.05) is 0 Å². The highest BCUT2D eigenvalue weighted by Gasteiger charge is 2.09. The van der Waals surface area contributed by atoms with Crippen molar-refractivity contribution in [2.45, 2.75) is 6.92 Å². The van der Waals surface area contributed by atoms with Crippen LogP contribution in [0.15, 0.2) is 30.6 Å². The Hall–Kier alpha value is -2.54. The molecule has 0 saturated carbocycles. The first-order valence-electron chi connectivity index (χ1n) is 5.46. The van der Waals surface area contributed by atoms with E-state index in [0.29, 0.717) is 17.1 Å². The van der Waals surface area contributed by atoms with Gasteiger partial charge in [-0.1, -0.05) is 6.07 Å². The van der Waals surface area contributed by atoms with Crippen molar-refractivity contribution < 1.29 is 9.18 Å². The number of benzene rings is 1. The predicted molar refractivity (Wildman–Crippen MR) is 68.9 cm³/mol. The van der Waals surface area contributed by atoms with Crippen LogP contribution in [-0.4, -0.2) is 15.9 Å². The van der Waals surface area contributed by atoms with Crippen LogP contribution in [0.4, 0.5) is 15.9 Å². The third-order valence-electron chi connectivity index (χ3n) is 2.46. The van der Waals surface area contributed by atoms with Gasteiger partial charge < -0.3 is 10.7 Å². The number of hydrogen-bond acceptors (Lipinski definition) is 5. The molecule has 0 aliphatic carbocycles. The Kier molecular flexibility index (Phi) is 3.67.